The number of hydrogen-bond donors (Lipinski definition) is 2. The highest BCUT2D eigenvalue weighted by Crippen LogP contribution is 2.28. The summed E-state index contributed by atoms with van der Waals surface area (Å²) in [4.78, 5) is 4.61. The van der Waals surface area contributed by atoms with E-state index >= 15 is 0 Å². The van der Waals surface area contributed by atoms with Gasteiger partial charge in [-0.3, -0.25) is 4.99 Å². The Kier molecular flexibility index (Phi) is 11.2. The number of nitrogens with one attached hydrogen (secondary N) is 2. The molecular formula is C16H32IN3O2. The lowest BCUT2D eigenvalue weighted by Gasteiger charge is -2.21. The van der Waals surface area contributed by atoms with Crippen LogP contribution in [0.5, 0.6) is 0 Å². The van der Waals surface area contributed by atoms with Crippen molar-refractivity contribution in [3.63, 3.8) is 0 Å². The van der Waals surface area contributed by atoms with Gasteiger partial charge in [-0.15, -0.1) is 24.0 Å². The first-order valence-electron chi connectivity index (χ1n) is 8.56. The second kappa shape index (κ2) is 12.4. The molecule has 6 heteroatoms. The third-order valence-electron chi connectivity index (χ3n) is 4.00. The fourth-order valence-corrected chi connectivity index (χ4v) is 2.41. The van der Waals surface area contributed by atoms with Crippen molar-refractivity contribution in [2.45, 2.75) is 39.0 Å². The number of rotatable bonds is 9. The van der Waals surface area contributed by atoms with Gasteiger partial charge in [0, 0.05) is 46.1 Å². The van der Waals surface area contributed by atoms with Gasteiger partial charge in [-0.1, -0.05) is 0 Å². The summed E-state index contributed by atoms with van der Waals surface area (Å²) in [5, 5.41) is 6.67. The van der Waals surface area contributed by atoms with E-state index in [2.05, 4.69) is 22.5 Å². The zero-order chi connectivity index (χ0) is 14.8. The molecule has 0 aromatic rings. The SMILES string of the molecule is CCNC(=NCC1CC1)NCCCOCC1CCOCC1.I. The van der Waals surface area contributed by atoms with Crippen LogP contribution in [0.25, 0.3) is 0 Å². The molecule has 0 bridgehead atoms. The monoisotopic (exact) mass is 425 g/mol. The Morgan fingerprint density at radius 2 is 1.91 bits per heavy atom. The Balaban J connectivity index is 0.00000242. The van der Waals surface area contributed by atoms with Crippen LogP contribution in [-0.2, 0) is 9.47 Å². The lowest BCUT2D eigenvalue weighted by atomic mass is 10.0. The van der Waals surface area contributed by atoms with Crippen LogP contribution in [0, 0.1) is 11.8 Å². The molecule has 130 valence electrons. The minimum atomic E-state index is 0. The molecule has 1 saturated carbocycles. The molecule has 2 fully saturated rings. The summed E-state index contributed by atoms with van der Waals surface area (Å²) in [6.07, 6.45) is 6.02. The number of hydrogen-bond acceptors (Lipinski definition) is 3. The molecule has 2 N–H and O–H groups in total. The van der Waals surface area contributed by atoms with E-state index in [9.17, 15) is 0 Å². The first kappa shape index (κ1) is 20.0. The van der Waals surface area contributed by atoms with Crippen molar-refractivity contribution >= 4 is 29.9 Å². The molecule has 1 aliphatic carbocycles. The second-order valence-electron chi connectivity index (χ2n) is 6.07. The lowest BCUT2D eigenvalue weighted by Crippen LogP contribution is -2.38. The normalized spacial score (nSPS) is 19.6. The van der Waals surface area contributed by atoms with E-state index in [1.54, 1.807) is 0 Å². The van der Waals surface area contributed by atoms with Crippen molar-refractivity contribution in [2.75, 3.05) is 46.1 Å². The Morgan fingerprint density at radius 3 is 2.59 bits per heavy atom. The van der Waals surface area contributed by atoms with E-state index in [-0.39, 0.29) is 24.0 Å². The first-order chi connectivity index (χ1) is 10.4. The zero-order valence-corrected chi connectivity index (χ0v) is 16.1. The van der Waals surface area contributed by atoms with Crippen LogP contribution in [0.2, 0.25) is 0 Å². The molecule has 0 spiro atoms. The first-order valence-corrected chi connectivity index (χ1v) is 8.56. The smallest absolute Gasteiger partial charge is 0.191 e. The molecule has 0 radical (unpaired) electrons. The van der Waals surface area contributed by atoms with Gasteiger partial charge in [-0.2, -0.15) is 0 Å². The van der Waals surface area contributed by atoms with Crippen LogP contribution in [-0.4, -0.2) is 52.0 Å². The van der Waals surface area contributed by atoms with Gasteiger partial charge >= 0.3 is 0 Å². The molecule has 0 aromatic heterocycles. The fourth-order valence-electron chi connectivity index (χ4n) is 2.41. The van der Waals surface area contributed by atoms with Gasteiger partial charge in [-0.25, -0.2) is 0 Å². The Labute approximate surface area is 152 Å². The van der Waals surface area contributed by atoms with E-state index in [0.717, 1.165) is 77.2 Å². The summed E-state index contributed by atoms with van der Waals surface area (Å²) < 4.78 is 11.1. The van der Waals surface area contributed by atoms with Gasteiger partial charge < -0.3 is 20.1 Å². The summed E-state index contributed by atoms with van der Waals surface area (Å²) in [5.41, 5.74) is 0. The van der Waals surface area contributed by atoms with Gasteiger partial charge in [0.2, 0.25) is 0 Å². The van der Waals surface area contributed by atoms with Crippen molar-refractivity contribution in [1.82, 2.24) is 10.6 Å². The fraction of sp³-hybridized carbons (Fsp3) is 0.938. The minimum absolute atomic E-state index is 0. The molecule has 0 amide bonds. The molecule has 5 nitrogen and oxygen atoms in total. The Hall–Kier alpha value is -0.0800. The molecule has 2 aliphatic rings. The molecule has 1 heterocycles. The number of nitrogens with zero attached hydrogens (tertiary/aromatic N) is 1. The Bertz CT molecular complexity index is 306. The lowest BCUT2D eigenvalue weighted by molar-refractivity contribution is 0.0203. The topological polar surface area (TPSA) is 54.9 Å². The molecule has 0 aromatic carbocycles. The molecule has 0 unspecified atom stereocenters. The minimum Gasteiger partial charge on any atom is -0.381 e. The maximum atomic E-state index is 5.77. The van der Waals surface area contributed by atoms with E-state index in [1.165, 1.54) is 12.8 Å². The van der Waals surface area contributed by atoms with Crippen LogP contribution >= 0.6 is 24.0 Å². The van der Waals surface area contributed by atoms with Crippen LogP contribution in [0.4, 0.5) is 0 Å². The summed E-state index contributed by atoms with van der Waals surface area (Å²) in [6.45, 7) is 8.42. The van der Waals surface area contributed by atoms with E-state index < -0.39 is 0 Å². The van der Waals surface area contributed by atoms with Crippen molar-refractivity contribution in [1.29, 1.82) is 0 Å². The van der Waals surface area contributed by atoms with Crippen LogP contribution in [0.15, 0.2) is 4.99 Å². The summed E-state index contributed by atoms with van der Waals surface area (Å²) >= 11 is 0. The van der Waals surface area contributed by atoms with Gasteiger partial charge in [-0.05, 0) is 50.9 Å². The van der Waals surface area contributed by atoms with E-state index in [4.69, 9.17) is 9.47 Å². The van der Waals surface area contributed by atoms with E-state index in [0.29, 0.717) is 5.92 Å². The second-order valence-corrected chi connectivity index (χ2v) is 6.07. The van der Waals surface area contributed by atoms with Gasteiger partial charge in [0.1, 0.15) is 0 Å². The maximum absolute atomic E-state index is 5.77. The van der Waals surface area contributed by atoms with Crippen LogP contribution in [0.1, 0.15) is 39.0 Å². The molecule has 2 rings (SSSR count). The van der Waals surface area contributed by atoms with Crippen molar-refractivity contribution in [2.24, 2.45) is 16.8 Å². The number of guanidine groups is 1. The molecule has 0 atom stereocenters. The average molecular weight is 425 g/mol. The third-order valence-corrected chi connectivity index (χ3v) is 4.00. The summed E-state index contributed by atoms with van der Waals surface area (Å²) in [5.74, 6) is 2.49. The highest BCUT2D eigenvalue weighted by molar-refractivity contribution is 14.0. The standard InChI is InChI=1S/C16H31N3O2.HI/c1-2-17-16(19-12-14-4-5-14)18-8-3-9-21-13-15-6-10-20-11-7-15;/h14-15H,2-13H2,1H3,(H2,17,18,19);1H. The number of aliphatic imine (C=N–C) groups is 1. The Morgan fingerprint density at radius 1 is 1.14 bits per heavy atom. The molecule has 22 heavy (non-hydrogen) atoms. The predicted octanol–water partition coefficient (Wildman–Crippen LogP) is 2.40. The number of ether oxygens (including phenoxy) is 2. The summed E-state index contributed by atoms with van der Waals surface area (Å²) in [7, 11) is 0. The highest BCUT2D eigenvalue weighted by atomic mass is 127. The zero-order valence-electron chi connectivity index (χ0n) is 13.8. The van der Waals surface area contributed by atoms with Crippen LogP contribution < -0.4 is 10.6 Å². The van der Waals surface area contributed by atoms with Crippen molar-refractivity contribution < 1.29 is 9.47 Å². The molecule has 1 aliphatic heterocycles. The maximum Gasteiger partial charge on any atom is 0.191 e. The molecule has 1 saturated heterocycles. The van der Waals surface area contributed by atoms with Crippen molar-refractivity contribution in [3.8, 4) is 0 Å². The van der Waals surface area contributed by atoms with E-state index in [1.807, 2.05) is 0 Å². The number of halogens is 1. The van der Waals surface area contributed by atoms with Gasteiger partial charge in [0.05, 0.1) is 0 Å². The predicted molar refractivity (Wildman–Crippen MR) is 101 cm³/mol. The highest BCUT2D eigenvalue weighted by Gasteiger charge is 2.20. The molecular weight excluding hydrogens is 393 g/mol. The van der Waals surface area contributed by atoms with Gasteiger partial charge in [0.15, 0.2) is 5.96 Å². The third kappa shape index (κ3) is 9.15. The summed E-state index contributed by atoms with van der Waals surface area (Å²) in [6, 6.07) is 0. The largest absolute Gasteiger partial charge is 0.381 e. The van der Waals surface area contributed by atoms with Crippen molar-refractivity contribution in [3.05, 3.63) is 0 Å². The average Bonchev–Trinajstić information content (AvgIpc) is 3.33. The van der Waals surface area contributed by atoms with Gasteiger partial charge in [0.25, 0.3) is 0 Å². The van der Waals surface area contributed by atoms with Crippen LogP contribution in [0.3, 0.4) is 0 Å². The quantitative estimate of drug-likeness (QED) is 0.258.